The normalized spacial score (nSPS) is 10.7. The third kappa shape index (κ3) is 3.68. The minimum atomic E-state index is -1.29. The number of ether oxygens (including phenoxy) is 1. The molecule has 1 N–H and O–H groups in total. The SMILES string of the molecule is O=C(O)c1cc(OCc2ccccc2)c2c(-c3ccccc3)ccc([N+](=O)[O-])c2n1. The summed E-state index contributed by atoms with van der Waals surface area (Å²) in [7, 11) is 0. The molecule has 0 saturated heterocycles. The van der Waals surface area contributed by atoms with Gasteiger partial charge in [0.2, 0.25) is 0 Å². The van der Waals surface area contributed by atoms with E-state index >= 15 is 0 Å². The van der Waals surface area contributed by atoms with Crippen LogP contribution >= 0.6 is 0 Å². The summed E-state index contributed by atoms with van der Waals surface area (Å²) in [4.78, 5) is 26.7. The first kappa shape index (κ1) is 19.1. The number of fused-ring (bicyclic) bond motifs is 1. The Labute approximate surface area is 171 Å². The molecular formula is C23H16N2O5. The van der Waals surface area contributed by atoms with Crippen molar-refractivity contribution in [2.45, 2.75) is 6.61 Å². The molecule has 0 aliphatic carbocycles. The van der Waals surface area contributed by atoms with Crippen LogP contribution in [0.3, 0.4) is 0 Å². The lowest BCUT2D eigenvalue weighted by atomic mass is 9.98. The van der Waals surface area contributed by atoms with Crippen molar-refractivity contribution in [2.24, 2.45) is 0 Å². The predicted molar refractivity (Wildman–Crippen MR) is 112 cm³/mol. The van der Waals surface area contributed by atoms with E-state index in [2.05, 4.69) is 4.98 Å². The molecule has 4 aromatic rings. The number of hydrogen-bond donors (Lipinski definition) is 1. The molecule has 1 aromatic heterocycles. The molecule has 0 bridgehead atoms. The average molecular weight is 400 g/mol. The fraction of sp³-hybridized carbons (Fsp3) is 0.0435. The van der Waals surface area contributed by atoms with Gasteiger partial charge in [-0.2, -0.15) is 0 Å². The number of hydrogen-bond acceptors (Lipinski definition) is 5. The Balaban J connectivity index is 1.97. The van der Waals surface area contributed by atoms with Gasteiger partial charge in [0.25, 0.3) is 5.69 Å². The van der Waals surface area contributed by atoms with E-state index in [9.17, 15) is 20.0 Å². The van der Waals surface area contributed by atoms with Crippen molar-refractivity contribution >= 4 is 22.6 Å². The number of carbonyl (C=O) groups is 1. The van der Waals surface area contributed by atoms with E-state index in [0.717, 1.165) is 11.1 Å². The van der Waals surface area contributed by atoms with Crippen molar-refractivity contribution in [1.29, 1.82) is 0 Å². The summed E-state index contributed by atoms with van der Waals surface area (Å²) in [5.41, 5.74) is 1.74. The van der Waals surface area contributed by atoms with Gasteiger partial charge in [-0.3, -0.25) is 10.1 Å². The van der Waals surface area contributed by atoms with Gasteiger partial charge in [0.1, 0.15) is 12.4 Å². The summed E-state index contributed by atoms with van der Waals surface area (Å²) >= 11 is 0. The van der Waals surface area contributed by atoms with Crippen LogP contribution in [-0.4, -0.2) is 21.0 Å². The van der Waals surface area contributed by atoms with Gasteiger partial charge in [-0.25, -0.2) is 9.78 Å². The maximum atomic E-state index is 11.6. The van der Waals surface area contributed by atoms with Crippen LogP contribution in [0.4, 0.5) is 5.69 Å². The van der Waals surface area contributed by atoms with Crippen LogP contribution in [0.1, 0.15) is 16.1 Å². The molecule has 0 aliphatic heterocycles. The van der Waals surface area contributed by atoms with Crippen LogP contribution in [0, 0.1) is 10.1 Å². The van der Waals surface area contributed by atoms with Gasteiger partial charge in [0, 0.05) is 12.1 Å². The van der Waals surface area contributed by atoms with E-state index in [1.807, 2.05) is 60.7 Å². The van der Waals surface area contributed by atoms with Gasteiger partial charge >= 0.3 is 5.97 Å². The van der Waals surface area contributed by atoms with Gasteiger partial charge in [-0.1, -0.05) is 60.7 Å². The molecule has 1 heterocycles. The first-order valence-corrected chi connectivity index (χ1v) is 9.12. The fourth-order valence-electron chi connectivity index (χ4n) is 3.26. The number of non-ortho nitro benzene ring substituents is 1. The van der Waals surface area contributed by atoms with Gasteiger partial charge in [0.05, 0.1) is 10.3 Å². The van der Waals surface area contributed by atoms with Gasteiger partial charge in [0.15, 0.2) is 11.2 Å². The highest BCUT2D eigenvalue weighted by molar-refractivity contribution is 6.05. The second-order valence-electron chi connectivity index (χ2n) is 6.56. The number of rotatable bonds is 6. The van der Waals surface area contributed by atoms with Crippen molar-refractivity contribution in [2.75, 3.05) is 0 Å². The maximum absolute atomic E-state index is 11.6. The molecule has 0 spiro atoms. The number of pyridine rings is 1. The summed E-state index contributed by atoms with van der Waals surface area (Å²) in [5.74, 6) is -1.07. The number of aromatic nitrogens is 1. The fourth-order valence-corrected chi connectivity index (χ4v) is 3.26. The second-order valence-corrected chi connectivity index (χ2v) is 6.56. The lowest BCUT2D eigenvalue weighted by Crippen LogP contribution is -2.05. The average Bonchev–Trinajstić information content (AvgIpc) is 2.77. The highest BCUT2D eigenvalue weighted by Gasteiger charge is 2.23. The predicted octanol–water partition coefficient (Wildman–Crippen LogP) is 5.09. The molecule has 3 aromatic carbocycles. The van der Waals surface area contributed by atoms with E-state index in [1.54, 1.807) is 6.07 Å². The highest BCUT2D eigenvalue weighted by atomic mass is 16.6. The molecule has 0 unspecified atom stereocenters. The first-order chi connectivity index (χ1) is 14.5. The van der Waals surface area contributed by atoms with Crippen LogP contribution in [0.2, 0.25) is 0 Å². The molecule has 0 saturated carbocycles. The Morgan fingerprint density at radius 2 is 1.67 bits per heavy atom. The van der Waals surface area contributed by atoms with E-state index in [0.29, 0.717) is 10.9 Å². The molecular weight excluding hydrogens is 384 g/mol. The van der Waals surface area contributed by atoms with Gasteiger partial charge in [-0.05, 0) is 22.8 Å². The maximum Gasteiger partial charge on any atom is 0.354 e. The molecule has 7 heteroatoms. The minimum absolute atomic E-state index is 0.0238. The van der Waals surface area contributed by atoms with E-state index in [4.69, 9.17) is 4.74 Å². The zero-order valence-electron chi connectivity index (χ0n) is 15.7. The van der Waals surface area contributed by atoms with Crippen molar-refractivity contribution in [3.8, 4) is 16.9 Å². The largest absolute Gasteiger partial charge is 0.488 e. The van der Waals surface area contributed by atoms with E-state index in [-0.39, 0.29) is 29.3 Å². The molecule has 0 atom stereocenters. The second kappa shape index (κ2) is 8.00. The zero-order valence-corrected chi connectivity index (χ0v) is 15.7. The number of carboxylic acids is 1. The van der Waals surface area contributed by atoms with Crippen LogP contribution in [-0.2, 0) is 6.61 Å². The summed E-state index contributed by atoms with van der Waals surface area (Å²) in [5, 5.41) is 21.5. The Kier molecular flexibility index (Phi) is 5.09. The number of nitro benzene ring substituents is 1. The number of aromatic carboxylic acids is 1. The monoisotopic (exact) mass is 400 g/mol. The highest BCUT2D eigenvalue weighted by Crippen LogP contribution is 2.39. The smallest absolute Gasteiger partial charge is 0.354 e. The summed E-state index contributed by atoms with van der Waals surface area (Å²) in [6, 6.07) is 23.0. The summed E-state index contributed by atoms with van der Waals surface area (Å²) in [6.07, 6.45) is 0. The van der Waals surface area contributed by atoms with Crippen molar-refractivity contribution < 1.29 is 19.6 Å². The van der Waals surface area contributed by atoms with Crippen molar-refractivity contribution in [1.82, 2.24) is 4.98 Å². The van der Waals surface area contributed by atoms with Crippen LogP contribution in [0.15, 0.2) is 78.9 Å². The van der Waals surface area contributed by atoms with Gasteiger partial charge in [-0.15, -0.1) is 0 Å². The minimum Gasteiger partial charge on any atom is -0.488 e. The lowest BCUT2D eigenvalue weighted by molar-refractivity contribution is -0.383. The quantitative estimate of drug-likeness (QED) is 0.357. The number of nitro groups is 1. The van der Waals surface area contributed by atoms with Crippen LogP contribution in [0.5, 0.6) is 5.75 Å². The molecule has 148 valence electrons. The molecule has 30 heavy (non-hydrogen) atoms. The standard InChI is InChI=1S/C23H16N2O5/c26-23(27)18-13-20(30-14-15-7-3-1-4-8-15)21-17(16-9-5-2-6-10-16)11-12-19(25(28)29)22(21)24-18/h1-13H,14H2,(H,26,27). The van der Waals surface area contributed by atoms with Gasteiger partial charge < -0.3 is 9.84 Å². The summed E-state index contributed by atoms with van der Waals surface area (Å²) < 4.78 is 5.97. The van der Waals surface area contributed by atoms with Crippen LogP contribution in [0.25, 0.3) is 22.0 Å². The van der Waals surface area contributed by atoms with Crippen molar-refractivity contribution in [3.63, 3.8) is 0 Å². The topological polar surface area (TPSA) is 103 Å². The third-order valence-corrected chi connectivity index (χ3v) is 4.64. The summed E-state index contributed by atoms with van der Waals surface area (Å²) in [6.45, 7) is 0.177. The molecule has 4 rings (SSSR count). The van der Waals surface area contributed by atoms with Crippen LogP contribution < -0.4 is 4.74 Å². The molecule has 7 nitrogen and oxygen atoms in total. The first-order valence-electron chi connectivity index (χ1n) is 9.12. The third-order valence-electron chi connectivity index (χ3n) is 4.64. The van der Waals surface area contributed by atoms with E-state index in [1.165, 1.54) is 12.1 Å². The van der Waals surface area contributed by atoms with E-state index < -0.39 is 10.9 Å². The molecule has 0 fully saturated rings. The Bertz CT molecular complexity index is 1240. The number of carboxylic acid groups (broad SMARTS) is 1. The number of benzene rings is 3. The molecule has 0 aliphatic rings. The lowest BCUT2D eigenvalue weighted by Gasteiger charge is -2.14. The van der Waals surface area contributed by atoms with Crippen molar-refractivity contribution in [3.05, 3.63) is 100 Å². The Morgan fingerprint density at radius 1 is 1.00 bits per heavy atom. The number of nitrogens with zero attached hydrogens (tertiary/aromatic N) is 2. The molecule has 0 radical (unpaired) electrons. The Hall–Kier alpha value is -4.26. The zero-order chi connectivity index (χ0) is 21.1. The molecule has 0 amide bonds. The Morgan fingerprint density at radius 3 is 2.30 bits per heavy atom.